The predicted octanol–water partition coefficient (Wildman–Crippen LogP) is 2.16. The third-order valence-corrected chi connectivity index (χ3v) is 4.44. The highest BCUT2D eigenvalue weighted by Gasteiger charge is 2.29. The summed E-state index contributed by atoms with van der Waals surface area (Å²) in [5.41, 5.74) is 3.54. The Balaban J connectivity index is 1.83. The standard InChI is InChI=1S/C16H21NO2/c18-11-15-6-3-9-17(15)16(19)14-8-7-12-4-1-2-5-13(12)10-14/h7-8,10,15,18H,1-6,9,11H2. The van der Waals surface area contributed by atoms with Crippen LogP contribution in [-0.4, -0.2) is 35.1 Å². The minimum absolute atomic E-state index is 0.0172. The van der Waals surface area contributed by atoms with Gasteiger partial charge in [0, 0.05) is 12.1 Å². The van der Waals surface area contributed by atoms with E-state index in [1.165, 1.54) is 24.0 Å². The second-order valence-electron chi connectivity index (χ2n) is 5.67. The monoisotopic (exact) mass is 259 g/mol. The summed E-state index contributed by atoms with van der Waals surface area (Å²) < 4.78 is 0. The molecular formula is C16H21NO2. The third-order valence-electron chi connectivity index (χ3n) is 4.44. The molecule has 1 unspecified atom stereocenters. The van der Waals surface area contributed by atoms with Crippen molar-refractivity contribution in [2.45, 2.75) is 44.6 Å². The maximum atomic E-state index is 12.5. The molecule has 1 N–H and O–H groups in total. The molecule has 1 heterocycles. The highest BCUT2D eigenvalue weighted by atomic mass is 16.3. The van der Waals surface area contributed by atoms with Gasteiger partial charge in [0.25, 0.3) is 5.91 Å². The Morgan fingerprint density at radius 3 is 2.79 bits per heavy atom. The lowest BCUT2D eigenvalue weighted by molar-refractivity contribution is 0.0677. The second kappa shape index (κ2) is 5.33. The number of carbonyl (C=O) groups is 1. The van der Waals surface area contributed by atoms with Gasteiger partial charge in [-0.15, -0.1) is 0 Å². The van der Waals surface area contributed by atoms with E-state index < -0.39 is 0 Å². The van der Waals surface area contributed by atoms with E-state index in [9.17, 15) is 9.90 Å². The highest BCUT2D eigenvalue weighted by molar-refractivity contribution is 5.95. The van der Waals surface area contributed by atoms with E-state index in [2.05, 4.69) is 12.1 Å². The maximum absolute atomic E-state index is 12.5. The first kappa shape index (κ1) is 12.7. The lowest BCUT2D eigenvalue weighted by atomic mass is 9.90. The van der Waals surface area contributed by atoms with Gasteiger partial charge in [0.1, 0.15) is 0 Å². The molecule has 19 heavy (non-hydrogen) atoms. The van der Waals surface area contributed by atoms with Crippen molar-refractivity contribution < 1.29 is 9.90 Å². The zero-order valence-electron chi connectivity index (χ0n) is 11.3. The Kier molecular flexibility index (Phi) is 3.56. The molecule has 1 atom stereocenters. The minimum atomic E-state index is 0.0172. The number of likely N-dealkylation sites (tertiary alicyclic amines) is 1. The number of aryl methyl sites for hydroxylation is 2. The molecule has 1 saturated heterocycles. The molecule has 1 amide bonds. The largest absolute Gasteiger partial charge is 0.394 e. The van der Waals surface area contributed by atoms with Crippen molar-refractivity contribution in [1.82, 2.24) is 4.90 Å². The molecule has 0 aromatic heterocycles. The fourth-order valence-electron chi connectivity index (χ4n) is 3.33. The van der Waals surface area contributed by atoms with Crippen molar-refractivity contribution in [1.29, 1.82) is 0 Å². The summed E-state index contributed by atoms with van der Waals surface area (Å²) in [4.78, 5) is 14.4. The van der Waals surface area contributed by atoms with Crippen LogP contribution in [0, 0.1) is 0 Å². The summed E-state index contributed by atoms with van der Waals surface area (Å²) in [5, 5.41) is 9.33. The predicted molar refractivity (Wildman–Crippen MR) is 74.2 cm³/mol. The molecule has 1 aliphatic carbocycles. The number of hydrogen-bond donors (Lipinski definition) is 1. The van der Waals surface area contributed by atoms with Gasteiger partial charge in [-0.3, -0.25) is 4.79 Å². The molecule has 0 saturated carbocycles. The number of amides is 1. The van der Waals surface area contributed by atoms with Crippen LogP contribution >= 0.6 is 0 Å². The Hall–Kier alpha value is -1.35. The maximum Gasteiger partial charge on any atom is 0.254 e. The molecule has 102 valence electrons. The summed E-state index contributed by atoms with van der Waals surface area (Å²) in [6, 6.07) is 6.16. The number of rotatable bonds is 2. The normalized spacial score (nSPS) is 22.4. The van der Waals surface area contributed by atoms with Crippen LogP contribution in [0.4, 0.5) is 0 Å². The van der Waals surface area contributed by atoms with Crippen molar-refractivity contribution in [2.24, 2.45) is 0 Å². The summed E-state index contributed by atoms with van der Waals surface area (Å²) >= 11 is 0. The third kappa shape index (κ3) is 2.39. The Morgan fingerprint density at radius 1 is 1.21 bits per heavy atom. The van der Waals surface area contributed by atoms with E-state index in [1.807, 2.05) is 11.0 Å². The number of aliphatic hydroxyl groups is 1. The fourth-order valence-corrected chi connectivity index (χ4v) is 3.33. The zero-order chi connectivity index (χ0) is 13.2. The van der Waals surface area contributed by atoms with E-state index in [0.29, 0.717) is 0 Å². The summed E-state index contributed by atoms with van der Waals surface area (Å²) in [6.07, 6.45) is 6.66. The molecule has 1 aromatic carbocycles. The topological polar surface area (TPSA) is 40.5 Å². The van der Waals surface area contributed by atoms with Crippen molar-refractivity contribution in [2.75, 3.05) is 13.2 Å². The number of carbonyl (C=O) groups excluding carboxylic acids is 1. The van der Waals surface area contributed by atoms with E-state index in [-0.39, 0.29) is 18.6 Å². The van der Waals surface area contributed by atoms with Crippen LogP contribution in [0.5, 0.6) is 0 Å². The van der Waals surface area contributed by atoms with Gasteiger partial charge in [0.2, 0.25) is 0 Å². The average molecular weight is 259 g/mol. The van der Waals surface area contributed by atoms with Crippen molar-refractivity contribution in [3.8, 4) is 0 Å². The fraction of sp³-hybridized carbons (Fsp3) is 0.562. The molecule has 2 aliphatic rings. The van der Waals surface area contributed by atoms with Gasteiger partial charge in [-0.05, 0) is 61.8 Å². The molecule has 3 nitrogen and oxygen atoms in total. The van der Waals surface area contributed by atoms with Crippen molar-refractivity contribution in [3.05, 3.63) is 34.9 Å². The van der Waals surface area contributed by atoms with Crippen LogP contribution in [0.15, 0.2) is 18.2 Å². The number of aliphatic hydroxyl groups excluding tert-OH is 1. The molecule has 0 spiro atoms. The first-order valence-electron chi connectivity index (χ1n) is 7.33. The Bertz CT molecular complexity index is 484. The SMILES string of the molecule is O=C(c1ccc2c(c1)CCCC2)N1CCCC1CO. The van der Waals surface area contributed by atoms with Crippen molar-refractivity contribution >= 4 is 5.91 Å². The van der Waals surface area contributed by atoms with E-state index in [4.69, 9.17) is 0 Å². The van der Waals surface area contributed by atoms with Gasteiger partial charge < -0.3 is 10.0 Å². The molecule has 1 aliphatic heterocycles. The van der Waals surface area contributed by atoms with Gasteiger partial charge in [0.15, 0.2) is 0 Å². The highest BCUT2D eigenvalue weighted by Crippen LogP contribution is 2.25. The average Bonchev–Trinajstić information content (AvgIpc) is 2.94. The quantitative estimate of drug-likeness (QED) is 0.884. The molecule has 1 aromatic rings. The number of benzene rings is 1. The summed E-state index contributed by atoms with van der Waals surface area (Å²) in [7, 11) is 0. The van der Waals surface area contributed by atoms with Gasteiger partial charge in [-0.1, -0.05) is 6.07 Å². The van der Waals surface area contributed by atoms with Gasteiger partial charge >= 0.3 is 0 Å². The van der Waals surface area contributed by atoms with Crippen LogP contribution in [-0.2, 0) is 12.8 Å². The lowest BCUT2D eigenvalue weighted by Gasteiger charge is -2.24. The molecule has 1 fully saturated rings. The van der Waals surface area contributed by atoms with Crippen LogP contribution < -0.4 is 0 Å². The first-order valence-corrected chi connectivity index (χ1v) is 7.33. The molecule has 0 bridgehead atoms. The lowest BCUT2D eigenvalue weighted by Crippen LogP contribution is -2.37. The second-order valence-corrected chi connectivity index (χ2v) is 5.67. The molecule has 0 radical (unpaired) electrons. The Morgan fingerprint density at radius 2 is 2.00 bits per heavy atom. The van der Waals surface area contributed by atoms with E-state index >= 15 is 0 Å². The first-order chi connectivity index (χ1) is 9.29. The summed E-state index contributed by atoms with van der Waals surface area (Å²) in [6.45, 7) is 0.859. The van der Waals surface area contributed by atoms with Crippen LogP contribution in [0.25, 0.3) is 0 Å². The van der Waals surface area contributed by atoms with E-state index in [1.54, 1.807) is 0 Å². The van der Waals surface area contributed by atoms with Gasteiger partial charge in [0.05, 0.1) is 12.6 Å². The van der Waals surface area contributed by atoms with Crippen LogP contribution in [0.1, 0.15) is 47.2 Å². The van der Waals surface area contributed by atoms with Gasteiger partial charge in [-0.25, -0.2) is 0 Å². The van der Waals surface area contributed by atoms with Gasteiger partial charge in [-0.2, -0.15) is 0 Å². The molecular weight excluding hydrogens is 238 g/mol. The van der Waals surface area contributed by atoms with Crippen molar-refractivity contribution in [3.63, 3.8) is 0 Å². The van der Waals surface area contributed by atoms with E-state index in [0.717, 1.165) is 37.8 Å². The molecule has 3 rings (SSSR count). The molecule has 3 heteroatoms. The Labute approximate surface area is 114 Å². The zero-order valence-corrected chi connectivity index (χ0v) is 11.3. The summed E-state index contributed by atoms with van der Waals surface area (Å²) in [5.74, 6) is 0.0879. The van der Waals surface area contributed by atoms with Crippen LogP contribution in [0.3, 0.4) is 0 Å². The smallest absolute Gasteiger partial charge is 0.254 e. The number of hydrogen-bond acceptors (Lipinski definition) is 2. The minimum Gasteiger partial charge on any atom is -0.394 e. The number of nitrogens with zero attached hydrogens (tertiary/aromatic N) is 1. The number of fused-ring (bicyclic) bond motifs is 1. The van der Waals surface area contributed by atoms with Crippen LogP contribution in [0.2, 0.25) is 0 Å².